The lowest BCUT2D eigenvalue weighted by molar-refractivity contribution is -0.137. The summed E-state index contributed by atoms with van der Waals surface area (Å²) in [5, 5.41) is 3.27. The molecule has 4 rings (SSSR count). The summed E-state index contributed by atoms with van der Waals surface area (Å²) in [7, 11) is -4.45. The highest BCUT2D eigenvalue weighted by atomic mass is 35.5. The molecule has 0 fully saturated rings. The number of hydrogen-bond acceptors (Lipinski definition) is 6. The molecule has 1 atom stereocenters. The Balaban J connectivity index is 1.72. The highest BCUT2D eigenvalue weighted by Gasteiger charge is 2.33. The molecule has 7 nitrogen and oxygen atoms in total. The Labute approximate surface area is 217 Å². The minimum absolute atomic E-state index is 0.0546. The van der Waals surface area contributed by atoms with Gasteiger partial charge < -0.3 is 5.32 Å². The first-order valence-corrected chi connectivity index (χ1v) is 13.0. The van der Waals surface area contributed by atoms with Gasteiger partial charge in [0, 0.05) is 10.0 Å². The highest BCUT2D eigenvalue weighted by molar-refractivity contribution is 7.93. The summed E-state index contributed by atoms with van der Waals surface area (Å²) >= 11 is 12.9. The predicted molar refractivity (Wildman–Crippen MR) is 132 cm³/mol. The standard InChI is InChI=1S/C22H15Cl2F3N4O3S2/c1-11(14-8-6-13(23)10-16(14)24)28-21(32)15-7-5-12(22(25,26)27)9-18(15)31-36(33,34)19-4-2-3-17-20(19)30-35-29-17/h2-11,31H,1H3,(H,28,32)/t11-/m1/s1. The predicted octanol–water partition coefficient (Wildman–Crippen LogP) is 6.31. The van der Waals surface area contributed by atoms with Gasteiger partial charge in [0.1, 0.15) is 15.9 Å². The molecular formula is C22H15Cl2F3N4O3S2. The Morgan fingerprint density at radius 2 is 1.81 bits per heavy atom. The molecule has 0 bridgehead atoms. The van der Waals surface area contributed by atoms with Gasteiger partial charge in [-0.15, -0.1) is 0 Å². The van der Waals surface area contributed by atoms with Gasteiger partial charge in [-0.1, -0.05) is 35.3 Å². The number of carbonyl (C=O) groups is 1. The van der Waals surface area contributed by atoms with Crippen LogP contribution in [0.3, 0.4) is 0 Å². The van der Waals surface area contributed by atoms with Gasteiger partial charge in [0.15, 0.2) is 0 Å². The number of benzene rings is 3. The average molecular weight is 575 g/mol. The molecule has 4 aromatic rings. The molecule has 0 saturated carbocycles. The highest BCUT2D eigenvalue weighted by Crippen LogP contribution is 2.34. The Hall–Kier alpha value is -2.93. The summed E-state index contributed by atoms with van der Waals surface area (Å²) < 4.78 is 76.6. The van der Waals surface area contributed by atoms with Crippen LogP contribution in [-0.2, 0) is 16.2 Å². The molecule has 1 heterocycles. The minimum Gasteiger partial charge on any atom is -0.345 e. The number of amides is 1. The summed E-state index contributed by atoms with van der Waals surface area (Å²) in [5.74, 6) is -0.825. The molecule has 0 radical (unpaired) electrons. The first kappa shape index (κ1) is 26.1. The van der Waals surface area contributed by atoms with Gasteiger partial charge >= 0.3 is 6.18 Å². The van der Waals surface area contributed by atoms with Crippen molar-refractivity contribution in [3.8, 4) is 0 Å². The molecule has 0 aliphatic rings. The van der Waals surface area contributed by atoms with E-state index in [-0.39, 0.29) is 21.0 Å². The van der Waals surface area contributed by atoms with Gasteiger partial charge in [-0.05, 0) is 55.0 Å². The number of halogens is 5. The van der Waals surface area contributed by atoms with E-state index in [2.05, 4.69) is 18.8 Å². The number of anilines is 1. The smallest absolute Gasteiger partial charge is 0.345 e. The molecule has 0 saturated heterocycles. The van der Waals surface area contributed by atoms with Crippen molar-refractivity contribution in [2.45, 2.75) is 24.0 Å². The summed E-state index contributed by atoms with van der Waals surface area (Å²) in [4.78, 5) is 12.8. The largest absolute Gasteiger partial charge is 0.416 e. The van der Waals surface area contributed by atoms with E-state index in [1.807, 2.05) is 0 Å². The van der Waals surface area contributed by atoms with E-state index >= 15 is 0 Å². The van der Waals surface area contributed by atoms with Crippen molar-refractivity contribution in [2.24, 2.45) is 0 Å². The SMILES string of the molecule is C[C@@H](NC(=O)c1ccc(C(F)(F)F)cc1NS(=O)(=O)c1cccc2nsnc12)c1ccc(Cl)cc1Cl. The molecule has 1 aromatic heterocycles. The van der Waals surface area contributed by atoms with Crippen molar-refractivity contribution in [1.82, 2.24) is 14.1 Å². The third-order valence-corrected chi connectivity index (χ3v) is 7.65. The Morgan fingerprint density at radius 1 is 1.06 bits per heavy atom. The van der Waals surface area contributed by atoms with E-state index in [1.165, 1.54) is 18.2 Å². The monoisotopic (exact) mass is 574 g/mol. The van der Waals surface area contributed by atoms with Gasteiger partial charge in [-0.2, -0.15) is 21.9 Å². The van der Waals surface area contributed by atoms with E-state index in [4.69, 9.17) is 23.2 Å². The Morgan fingerprint density at radius 3 is 2.50 bits per heavy atom. The minimum atomic E-state index is -4.78. The lowest BCUT2D eigenvalue weighted by Gasteiger charge is -2.19. The summed E-state index contributed by atoms with van der Waals surface area (Å²) in [6.07, 6.45) is -4.78. The number of nitrogens with zero attached hydrogens (tertiary/aromatic N) is 2. The number of hydrogen-bond donors (Lipinski definition) is 2. The average Bonchev–Trinajstić information content (AvgIpc) is 3.26. The van der Waals surface area contributed by atoms with E-state index in [9.17, 15) is 26.4 Å². The second kappa shape index (κ2) is 9.85. The molecule has 3 aromatic carbocycles. The molecule has 0 spiro atoms. The van der Waals surface area contributed by atoms with Crippen LogP contribution in [0.1, 0.15) is 34.5 Å². The van der Waals surface area contributed by atoms with Crippen LogP contribution in [0.5, 0.6) is 0 Å². The summed E-state index contributed by atoms with van der Waals surface area (Å²) in [6, 6.07) is 10.3. The molecule has 0 aliphatic carbocycles. The van der Waals surface area contributed by atoms with Gasteiger partial charge in [-0.3, -0.25) is 9.52 Å². The molecule has 0 unspecified atom stereocenters. The first-order chi connectivity index (χ1) is 16.9. The van der Waals surface area contributed by atoms with Crippen LogP contribution in [0.15, 0.2) is 59.5 Å². The fourth-order valence-corrected chi connectivity index (χ4v) is 5.82. The molecular weight excluding hydrogens is 560 g/mol. The number of aromatic nitrogens is 2. The van der Waals surface area contributed by atoms with Crippen LogP contribution in [0.25, 0.3) is 11.0 Å². The second-order valence-corrected chi connectivity index (χ2v) is 10.6. The maximum Gasteiger partial charge on any atom is 0.416 e. The lowest BCUT2D eigenvalue weighted by Crippen LogP contribution is -2.28. The zero-order chi connectivity index (χ0) is 26.3. The summed E-state index contributed by atoms with van der Waals surface area (Å²) in [6.45, 7) is 1.61. The summed E-state index contributed by atoms with van der Waals surface area (Å²) in [5.41, 5.74) is -1.16. The molecule has 2 N–H and O–H groups in total. The van der Waals surface area contributed by atoms with E-state index in [0.717, 1.165) is 17.8 Å². The third-order valence-electron chi connectivity index (χ3n) is 5.15. The Bertz CT molecular complexity index is 1580. The molecule has 0 aliphatic heterocycles. The number of carbonyl (C=O) groups excluding carboxylic acids is 1. The number of fused-ring (bicyclic) bond motifs is 1. The third kappa shape index (κ3) is 5.41. The van der Waals surface area contributed by atoms with Crippen LogP contribution in [-0.4, -0.2) is 23.1 Å². The Kier molecular flexibility index (Phi) is 7.15. The van der Waals surface area contributed by atoms with Gasteiger partial charge in [0.05, 0.1) is 34.6 Å². The normalized spacial score (nSPS) is 12.9. The van der Waals surface area contributed by atoms with Crippen LogP contribution in [0.4, 0.5) is 18.9 Å². The van der Waals surface area contributed by atoms with Crippen LogP contribution < -0.4 is 10.0 Å². The van der Waals surface area contributed by atoms with Gasteiger partial charge in [-0.25, -0.2) is 8.42 Å². The van der Waals surface area contributed by atoms with Crippen molar-refractivity contribution in [2.75, 3.05) is 4.72 Å². The number of alkyl halides is 3. The van der Waals surface area contributed by atoms with Crippen LogP contribution >= 0.6 is 34.9 Å². The quantitative estimate of drug-likeness (QED) is 0.281. The van der Waals surface area contributed by atoms with Crippen LogP contribution in [0.2, 0.25) is 10.0 Å². The van der Waals surface area contributed by atoms with Crippen molar-refractivity contribution < 1.29 is 26.4 Å². The van der Waals surface area contributed by atoms with Crippen LogP contribution in [0, 0.1) is 0 Å². The van der Waals surface area contributed by atoms with E-state index in [0.29, 0.717) is 28.2 Å². The molecule has 36 heavy (non-hydrogen) atoms. The van der Waals surface area contributed by atoms with E-state index < -0.39 is 39.4 Å². The lowest BCUT2D eigenvalue weighted by atomic mass is 10.1. The molecule has 14 heteroatoms. The van der Waals surface area contributed by atoms with Crippen molar-refractivity contribution >= 4 is 67.6 Å². The fraction of sp³-hybridized carbons (Fsp3) is 0.136. The molecule has 188 valence electrons. The zero-order valence-corrected chi connectivity index (χ0v) is 21.2. The van der Waals surface area contributed by atoms with Gasteiger partial charge in [0.2, 0.25) is 0 Å². The maximum absolute atomic E-state index is 13.4. The zero-order valence-electron chi connectivity index (χ0n) is 18.1. The topological polar surface area (TPSA) is 101 Å². The number of rotatable bonds is 6. The fourth-order valence-electron chi connectivity index (χ4n) is 3.41. The molecule has 1 amide bonds. The number of sulfonamides is 1. The van der Waals surface area contributed by atoms with Gasteiger partial charge in [0.25, 0.3) is 15.9 Å². The first-order valence-electron chi connectivity index (χ1n) is 10.1. The van der Waals surface area contributed by atoms with Crippen molar-refractivity contribution in [3.05, 3.63) is 81.3 Å². The van der Waals surface area contributed by atoms with Crippen molar-refractivity contribution in [1.29, 1.82) is 0 Å². The maximum atomic E-state index is 13.4. The van der Waals surface area contributed by atoms with Crippen molar-refractivity contribution in [3.63, 3.8) is 0 Å². The van der Waals surface area contributed by atoms with E-state index in [1.54, 1.807) is 25.1 Å². The second-order valence-electron chi connectivity index (χ2n) is 7.61. The number of nitrogens with one attached hydrogen (secondary N) is 2.